The van der Waals surface area contributed by atoms with Crippen LogP contribution in [0.5, 0.6) is 0 Å². The number of halogens is 1. The third kappa shape index (κ3) is 4.46. The van der Waals surface area contributed by atoms with Crippen molar-refractivity contribution in [3.8, 4) is 0 Å². The van der Waals surface area contributed by atoms with Gasteiger partial charge < -0.3 is 15.1 Å². The molecule has 3 heterocycles. The molecule has 0 aliphatic carbocycles. The third-order valence-corrected chi connectivity index (χ3v) is 5.19. The fourth-order valence-corrected chi connectivity index (χ4v) is 3.86. The second kappa shape index (κ2) is 8.66. The van der Waals surface area contributed by atoms with Gasteiger partial charge in [-0.25, -0.2) is 0 Å². The van der Waals surface area contributed by atoms with E-state index >= 15 is 0 Å². The van der Waals surface area contributed by atoms with Crippen LogP contribution in [0.3, 0.4) is 0 Å². The Labute approximate surface area is 147 Å². The van der Waals surface area contributed by atoms with Gasteiger partial charge in [-0.05, 0) is 37.3 Å². The molecule has 2 amide bonds. The molecular formula is C16H24ClN3O2S. The number of nitrogens with one attached hydrogen (secondary N) is 1. The number of hydrogen-bond donors (Lipinski definition) is 1. The molecule has 1 N–H and O–H groups in total. The predicted molar refractivity (Wildman–Crippen MR) is 94.3 cm³/mol. The lowest BCUT2D eigenvalue weighted by molar-refractivity contribution is -0.135. The third-order valence-electron chi connectivity index (χ3n) is 4.51. The van der Waals surface area contributed by atoms with Gasteiger partial charge in [0.2, 0.25) is 5.91 Å². The fraction of sp³-hybridized carbons (Fsp3) is 0.625. The van der Waals surface area contributed by atoms with Crippen LogP contribution in [0, 0.1) is 5.92 Å². The van der Waals surface area contributed by atoms with Gasteiger partial charge in [0.25, 0.3) is 5.91 Å². The SMILES string of the molecule is Cl.O=C(c1ccsc1)N1CCCN(C(=O)C2CCCNC2)CC1. The summed E-state index contributed by atoms with van der Waals surface area (Å²) < 4.78 is 0. The molecule has 23 heavy (non-hydrogen) atoms. The molecule has 128 valence electrons. The van der Waals surface area contributed by atoms with Crippen LogP contribution in [0.25, 0.3) is 0 Å². The Bertz CT molecular complexity index is 517. The molecule has 1 aromatic heterocycles. The van der Waals surface area contributed by atoms with Gasteiger partial charge in [-0.2, -0.15) is 11.3 Å². The maximum atomic E-state index is 12.6. The monoisotopic (exact) mass is 357 g/mol. The summed E-state index contributed by atoms with van der Waals surface area (Å²) in [7, 11) is 0. The zero-order chi connectivity index (χ0) is 15.4. The van der Waals surface area contributed by atoms with Crippen molar-refractivity contribution in [1.82, 2.24) is 15.1 Å². The molecule has 2 aliphatic rings. The van der Waals surface area contributed by atoms with Crippen LogP contribution in [-0.2, 0) is 4.79 Å². The Hall–Kier alpha value is -1.11. The molecule has 2 fully saturated rings. The number of carbonyl (C=O) groups excluding carboxylic acids is 2. The van der Waals surface area contributed by atoms with Gasteiger partial charge in [-0.1, -0.05) is 0 Å². The van der Waals surface area contributed by atoms with Gasteiger partial charge in [0.1, 0.15) is 0 Å². The molecule has 0 aromatic carbocycles. The normalized spacial score (nSPS) is 22.2. The smallest absolute Gasteiger partial charge is 0.254 e. The van der Waals surface area contributed by atoms with Crippen molar-refractivity contribution < 1.29 is 9.59 Å². The average molecular weight is 358 g/mol. The molecule has 0 saturated carbocycles. The lowest BCUT2D eigenvalue weighted by atomic mass is 9.98. The highest BCUT2D eigenvalue weighted by molar-refractivity contribution is 7.08. The second-order valence-corrected chi connectivity index (χ2v) is 6.81. The van der Waals surface area contributed by atoms with E-state index in [1.807, 2.05) is 26.6 Å². The van der Waals surface area contributed by atoms with E-state index in [2.05, 4.69) is 5.32 Å². The van der Waals surface area contributed by atoms with Gasteiger partial charge in [0.05, 0.1) is 11.5 Å². The Morgan fingerprint density at radius 3 is 2.61 bits per heavy atom. The number of nitrogens with zero attached hydrogens (tertiary/aromatic N) is 2. The van der Waals surface area contributed by atoms with Gasteiger partial charge in [0.15, 0.2) is 0 Å². The van der Waals surface area contributed by atoms with Gasteiger partial charge in [-0.3, -0.25) is 9.59 Å². The predicted octanol–water partition coefficient (Wildman–Crippen LogP) is 1.84. The molecule has 0 radical (unpaired) electrons. The van der Waals surface area contributed by atoms with Crippen molar-refractivity contribution in [2.45, 2.75) is 19.3 Å². The average Bonchev–Trinajstić information content (AvgIpc) is 2.99. The summed E-state index contributed by atoms with van der Waals surface area (Å²) in [6.07, 6.45) is 2.93. The Morgan fingerprint density at radius 2 is 1.91 bits per heavy atom. The highest BCUT2D eigenvalue weighted by Gasteiger charge is 2.28. The summed E-state index contributed by atoms with van der Waals surface area (Å²) in [4.78, 5) is 28.8. The first-order chi connectivity index (χ1) is 10.8. The Kier molecular flexibility index (Phi) is 6.87. The molecule has 0 spiro atoms. The molecule has 7 heteroatoms. The lowest BCUT2D eigenvalue weighted by Crippen LogP contribution is -2.44. The zero-order valence-electron chi connectivity index (χ0n) is 13.2. The fourth-order valence-electron chi connectivity index (χ4n) is 3.23. The van der Waals surface area contributed by atoms with Gasteiger partial charge >= 0.3 is 0 Å². The van der Waals surface area contributed by atoms with Crippen molar-refractivity contribution >= 4 is 35.6 Å². The van der Waals surface area contributed by atoms with Gasteiger partial charge in [0, 0.05) is 38.1 Å². The number of hydrogen-bond acceptors (Lipinski definition) is 4. The summed E-state index contributed by atoms with van der Waals surface area (Å²) in [5.41, 5.74) is 0.765. The van der Waals surface area contributed by atoms with Crippen LogP contribution in [0.1, 0.15) is 29.6 Å². The van der Waals surface area contributed by atoms with Crippen LogP contribution in [0.4, 0.5) is 0 Å². The number of carbonyl (C=O) groups is 2. The van der Waals surface area contributed by atoms with Crippen LogP contribution >= 0.6 is 23.7 Å². The Morgan fingerprint density at radius 1 is 1.13 bits per heavy atom. The van der Waals surface area contributed by atoms with E-state index < -0.39 is 0 Å². The van der Waals surface area contributed by atoms with E-state index in [-0.39, 0.29) is 30.1 Å². The highest BCUT2D eigenvalue weighted by Crippen LogP contribution is 2.16. The lowest BCUT2D eigenvalue weighted by Gasteiger charge is -2.29. The van der Waals surface area contributed by atoms with E-state index in [0.29, 0.717) is 13.1 Å². The molecule has 5 nitrogen and oxygen atoms in total. The molecular weight excluding hydrogens is 334 g/mol. The van der Waals surface area contributed by atoms with E-state index in [1.54, 1.807) is 11.3 Å². The molecule has 2 saturated heterocycles. The van der Waals surface area contributed by atoms with E-state index in [4.69, 9.17) is 0 Å². The number of rotatable bonds is 2. The van der Waals surface area contributed by atoms with Crippen LogP contribution in [0.15, 0.2) is 16.8 Å². The molecule has 1 unspecified atom stereocenters. The minimum Gasteiger partial charge on any atom is -0.341 e. The van der Waals surface area contributed by atoms with E-state index in [1.165, 1.54) is 0 Å². The minimum atomic E-state index is 0. The Balaban J connectivity index is 0.00000192. The first kappa shape index (κ1) is 18.2. The second-order valence-electron chi connectivity index (χ2n) is 6.03. The van der Waals surface area contributed by atoms with Crippen molar-refractivity contribution in [2.75, 3.05) is 39.3 Å². The van der Waals surface area contributed by atoms with Crippen LogP contribution < -0.4 is 5.32 Å². The topological polar surface area (TPSA) is 52.7 Å². The standard InChI is InChI=1S/C16H23N3O2S.ClH/c20-15(13-3-1-5-17-11-13)18-6-2-7-19(9-8-18)16(21)14-4-10-22-12-14;/h4,10,12-13,17H,1-3,5-9,11H2;1H. The van der Waals surface area contributed by atoms with Crippen LogP contribution in [-0.4, -0.2) is 60.9 Å². The maximum absolute atomic E-state index is 12.6. The van der Waals surface area contributed by atoms with Crippen molar-refractivity contribution in [2.24, 2.45) is 5.92 Å². The van der Waals surface area contributed by atoms with Crippen molar-refractivity contribution in [1.29, 1.82) is 0 Å². The minimum absolute atomic E-state index is 0. The molecule has 3 rings (SSSR count). The number of amides is 2. The van der Waals surface area contributed by atoms with Crippen molar-refractivity contribution in [3.05, 3.63) is 22.4 Å². The quantitative estimate of drug-likeness (QED) is 0.878. The molecule has 0 bridgehead atoms. The number of piperidine rings is 1. The summed E-state index contributed by atoms with van der Waals surface area (Å²) in [5, 5.41) is 7.13. The molecule has 2 aliphatic heterocycles. The molecule has 1 atom stereocenters. The highest BCUT2D eigenvalue weighted by atomic mass is 35.5. The summed E-state index contributed by atoms with van der Waals surface area (Å²) >= 11 is 1.54. The summed E-state index contributed by atoms with van der Waals surface area (Å²) in [6, 6.07) is 1.87. The van der Waals surface area contributed by atoms with Gasteiger partial charge in [-0.15, -0.1) is 12.4 Å². The first-order valence-corrected chi connectivity index (χ1v) is 9.01. The van der Waals surface area contributed by atoms with E-state index in [9.17, 15) is 9.59 Å². The first-order valence-electron chi connectivity index (χ1n) is 8.06. The van der Waals surface area contributed by atoms with Crippen molar-refractivity contribution in [3.63, 3.8) is 0 Å². The number of thiophene rings is 1. The summed E-state index contributed by atoms with van der Waals surface area (Å²) in [6.45, 7) is 4.62. The molecule has 1 aromatic rings. The zero-order valence-corrected chi connectivity index (χ0v) is 14.8. The van der Waals surface area contributed by atoms with E-state index in [0.717, 1.165) is 51.0 Å². The summed E-state index contributed by atoms with van der Waals surface area (Å²) in [5.74, 6) is 0.472. The maximum Gasteiger partial charge on any atom is 0.254 e. The largest absolute Gasteiger partial charge is 0.341 e. The van der Waals surface area contributed by atoms with Crippen LogP contribution in [0.2, 0.25) is 0 Å².